The summed E-state index contributed by atoms with van der Waals surface area (Å²) in [5.74, 6) is 0.122. The molecule has 0 saturated carbocycles. The topological polar surface area (TPSA) is 38.9 Å². The van der Waals surface area contributed by atoms with Crippen molar-refractivity contribution in [1.29, 1.82) is 0 Å². The Morgan fingerprint density at radius 1 is 1.50 bits per heavy atom. The molecule has 0 fully saturated rings. The number of benzene rings is 1. The maximum atomic E-state index is 13.9. The summed E-state index contributed by atoms with van der Waals surface area (Å²) in [6, 6.07) is 1.55. The second-order valence-corrected chi connectivity index (χ2v) is 5.22. The molecule has 16 heavy (non-hydrogen) atoms. The second kappa shape index (κ2) is 4.01. The summed E-state index contributed by atoms with van der Waals surface area (Å²) in [4.78, 5) is 4.31. The van der Waals surface area contributed by atoms with Gasteiger partial charge in [-0.15, -0.1) is 0 Å². The number of nitrogens with zero attached hydrogens (tertiary/aromatic N) is 1. The fourth-order valence-corrected chi connectivity index (χ4v) is 2.87. The normalized spacial score (nSPS) is 11.6. The molecule has 2 nitrogen and oxygen atoms in total. The van der Waals surface area contributed by atoms with E-state index in [1.54, 1.807) is 6.07 Å². The van der Waals surface area contributed by atoms with Gasteiger partial charge in [0.25, 0.3) is 0 Å². The van der Waals surface area contributed by atoms with Crippen LogP contribution in [0.4, 0.5) is 9.52 Å². The summed E-state index contributed by atoms with van der Waals surface area (Å²) in [7, 11) is 0. The molecule has 0 aliphatic rings. The van der Waals surface area contributed by atoms with Gasteiger partial charge in [-0.3, -0.25) is 0 Å². The van der Waals surface area contributed by atoms with Gasteiger partial charge in [0.1, 0.15) is 5.82 Å². The minimum Gasteiger partial charge on any atom is -0.375 e. The molecular formula is C12H15FN2S. The zero-order chi connectivity index (χ0) is 11.9. The first-order valence-electron chi connectivity index (χ1n) is 5.41. The van der Waals surface area contributed by atoms with Crippen LogP contribution in [-0.2, 0) is 6.42 Å². The Hall–Kier alpha value is -1.16. The predicted octanol–water partition coefficient (Wildman–Crippen LogP) is 3.70. The first kappa shape index (κ1) is 11.3. The molecule has 2 aromatic rings. The van der Waals surface area contributed by atoms with Crippen molar-refractivity contribution in [2.45, 2.75) is 33.1 Å². The van der Waals surface area contributed by atoms with Gasteiger partial charge in [-0.25, -0.2) is 9.37 Å². The molecule has 1 heterocycles. The van der Waals surface area contributed by atoms with E-state index in [2.05, 4.69) is 18.8 Å². The number of halogens is 1. The van der Waals surface area contributed by atoms with Crippen molar-refractivity contribution in [3.63, 3.8) is 0 Å². The molecule has 2 rings (SSSR count). The van der Waals surface area contributed by atoms with Crippen LogP contribution in [0.1, 0.15) is 37.8 Å². The molecule has 1 aromatic carbocycles. The highest BCUT2D eigenvalue weighted by molar-refractivity contribution is 7.22. The van der Waals surface area contributed by atoms with Crippen molar-refractivity contribution in [3.8, 4) is 0 Å². The molecule has 0 aliphatic heterocycles. The molecule has 0 saturated heterocycles. The Morgan fingerprint density at radius 2 is 2.19 bits per heavy atom. The van der Waals surface area contributed by atoms with E-state index >= 15 is 0 Å². The van der Waals surface area contributed by atoms with E-state index in [1.165, 1.54) is 11.3 Å². The molecule has 0 atom stereocenters. The van der Waals surface area contributed by atoms with E-state index in [1.807, 2.05) is 6.92 Å². The molecule has 0 amide bonds. The molecule has 86 valence electrons. The zero-order valence-corrected chi connectivity index (χ0v) is 10.5. The van der Waals surface area contributed by atoms with Crippen molar-refractivity contribution in [1.82, 2.24) is 4.98 Å². The number of fused-ring (bicyclic) bond motifs is 1. The van der Waals surface area contributed by atoms with Crippen molar-refractivity contribution in [2.24, 2.45) is 0 Å². The van der Waals surface area contributed by atoms with Crippen LogP contribution in [-0.4, -0.2) is 4.98 Å². The summed E-state index contributed by atoms with van der Waals surface area (Å²) in [6.45, 7) is 6.08. The largest absolute Gasteiger partial charge is 0.375 e. The van der Waals surface area contributed by atoms with Gasteiger partial charge in [0.15, 0.2) is 5.13 Å². The average molecular weight is 238 g/mol. The van der Waals surface area contributed by atoms with Crippen LogP contribution in [0.5, 0.6) is 0 Å². The highest BCUT2D eigenvalue weighted by Gasteiger charge is 2.17. The molecule has 0 unspecified atom stereocenters. The van der Waals surface area contributed by atoms with Gasteiger partial charge in [0.2, 0.25) is 0 Å². The molecule has 1 aromatic heterocycles. The van der Waals surface area contributed by atoms with Crippen LogP contribution in [0, 0.1) is 5.82 Å². The first-order chi connectivity index (χ1) is 7.54. The third-order valence-corrected chi connectivity index (χ3v) is 3.56. The third-order valence-electron chi connectivity index (χ3n) is 2.73. The monoisotopic (exact) mass is 238 g/mol. The molecule has 0 aliphatic carbocycles. The maximum absolute atomic E-state index is 13.9. The Balaban J connectivity index is 2.86. The Kier molecular flexibility index (Phi) is 2.84. The van der Waals surface area contributed by atoms with Crippen molar-refractivity contribution in [2.75, 3.05) is 5.73 Å². The van der Waals surface area contributed by atoms with Crippen LogP contribution in [0.3, 0.4) is 0 Å². The SMILES string of the molecule is CCc1c(F)cc2sc(N)nc2c1C(C)C. The molecule has 0 radical (unpaired) electrons. The standard InChI is InChI=1S/C12H15FN2S/c1-4-7-8(13)5-9-11(10(7)6(2)3)15-12(14)16-9/h5-6H,4H2,1-3H3,(H2,14,15). The number of rotatable bonds is 2. The summed E-state index contributed by atoms with van der Waals surface area (Å²) in [5.41, 5.74) is 8.33. The lowest BCUT2D eigenvalue weighted by atomic mass is 9.94. The third kappa shape index (κ3) is 1.67. The highest BCUT2D eigenvalue weighted by Crippen LogP contribution is 2.34. The number of nitrogens with two attached hydrogens (primary N) is 1. The van der Waals surface area contributed by atoms with Gasteiger partial charge < -0.3 is 5.73 Å². The van der Waals surface area contributed by atoms with E-state index in [0.717, 1.165) is 21.3 Å². The summed E-state index contributed by atoms with van der Waals surface area (Å²) < 4.78 is 14.7. The van der Waals surface area contributed by atoms with Gasteiger partial charge in [-0.05, 0) is 29.5 Å². The van der Waals surface area contributed by atoms with E-state index in [9.17, 15) is 4.39 Å². The first-order valence-corrected chi connectivity index (χ1v) is 6.23. The van der Waals surface area contributed by atoms with E-state index in [0.29, 0.717) is 11.6 Å². The number of aromatic nitrogens is 1. The number of hydrogen-bond acceptors (Lipinski definition) is 3. The van der Waals surface area contributed by atoms with Crippen molar-refractivity contribution < 1.29 is 4.39 Å². The summed E-state index contributed by atoms with van der Waals surface area (Å²) in [6.07, 6.45) is 0.687. The molecule has 4 heteroatoms. The molecule has 2 N–H and O–H groups in total. The fraction of sp³-hybridized carbons (Fsp3) is 0.417. The van der Waals surface area contributed by atoms with Gasteiger partial charge in [0.05, 0.1) is 10.2 Å². The van der Waals surface area contributed by atoms with E-state index in [4.69, 9.17) is 5.73 Å². The predicted molar refractivity (Wildman–Crippen MR) is 67.5 cm³/mol. The van der Waals surface area contributed by atoms with Crippen LogP contribution in [0.25, 0.3) is 10.2 Å². The Labute approximate surface area is 98.3 Å². The van der Waals surface area contributed by atoms with Crippen LogP contribution in [0.2, 0.25) is 0 Å². The lowest BCUT2D eigenvalue weighted by Gasteiger charge is -2.13. The van der Waals surface area contributed by atoms with E-state index in [-0.39, 0.29) is 11.7 Å². The van der Waals surface area contributed by atoms with Crippen LogP contribution >= 0.6 is 11.3 Å². The Morgan fingerprint density at radius 3 is 2.75 bits per heavy atom. The fourth-order valence-electron chi connectivity index (χ4n) is 2.09. The maximum Gasteiger partial charge on any atom is 0.181 e. The summed E-state index contributed by atoms with van der Waals surface area (Å²) >= 11 is 1.34. The highest BCUT2D eigenvalue weighted by atomic mass is 32.1. The smallest absolute Gasteiger partial charge is 0.181 e. The minimum atomic E-state index is -0.137. The second-order valence-electron chi connectivity index (χ2n) is 4.16. The van der Waals surface area contributed by atoms with Gasteiger partial charge in [-0.2, -0.15) is 0 Å². The molecule has 0 bridgehead atoms. The van der Waals surface area contributed by atoms with Crippen molar-refractivity contribution >= 4 is 26.7 Å². The van der Waals surface area contributed by atoms with E-state index < -0.39 is 0 Å². The van der Waals surface area contributed by atoms with Gasteiger partial charge >= 0.3 is 0 Å². The minimum absolute atomic E-state index is 0.137. The number of nitrogen functional groups attached to an aromatic ring is 1. The Bertz CT molecular complexity index is 531. The lowest BCUT2D eigenvalue weighted by Crippen LogP contribution is -2.00. The average Bonchev–Trinajstić information content (AvgIpc) is 2.55. The van der Waals surface area contributed by atoms with Crippen LogP contribution < -0.4 is 5.73 Å². The van der Waals surface area contributed by atoms with Gasteiger partial charge in [-0.1, -0.05) is 32.1 Å². The lowest BCUT2D eigenvalue weighted by molar-refractivity contribution is 0.608. The van der Waals surface area contributed by atoms with Gasteiger partial charge in [0, 0.05) is 0 Å². The van der Waals surface area contributed by atoms with Crippen LogP contribution in [0.15, 0.2) is 6.07 Å². The number of thiazole rings is 1. The molecular weight excluding hydrogens is 223 g/mol. The van der Waals surface area contributed by atoms with Crippen molar-refractivity contribution in [3.05, 3.63) is 23.0 Å². The quantitative estimate of drug-likeness (QED) is 0.866. The number of hydrogen-bond donors (Lipinski definition) is 1. The zero-order valence-electron chi connectivity index (χ0n) is 9.67. The summed E-state index contributed by atoms with van der Waals surface area (Å²) in [5, 5.41) is 0.504. The number of anilines is 1. The molecule has 0 spiro atoms.